The summed E-state index contributed by atoms with van der Waals surface area (Å²) in [6.07, 6.45) is 2.15. The van der Waals surface area contributed by atoms with Crippen LogP contribution in [-0.2, 0) is 0 Å². The van der Waals surface area contributed by atoms with Crippen LogP contribution in [0.3, 0.4) is 0 Å². The Morgan fingerprint density at radius 3 is 2.38 bits per heavy atom. The molecule has 0 fully saturated rings. The van der Waals surface area contributed by atoms with Crippen molar-refractivity contribution in [2.45, 2.75) is 11.4 Å². The molecule has 3 aromatic heterocycles. The van der Waals surface area contributed by atoms with Gasteiger partial charge in [-0.1, -0.05) is 42.1 Å². The molecule has 1 unspecified atom stereocenters. The SMILES string of the molecule is Oc1ccc2ccccc2c1NC(O)CSc1nnc(-c2ccco2)c(-c2ccco2)n1. The summed E-state index contributed by atoms with van der Waals surface area (Å²) in [6.45, 7) is 0. The third-order valence-corrected chi connectivity index (χ3v) is 5.68. The van der Waals surface area contributed by atoms with Gasteiger partial charge in [-0.2, -0.15) is 0 Å². The first kappa shape index (κ1) is 20.1. The highest BCUT2D eigenvalue weighted by atomic mass is 32.2. The van der Waals surface area contributed by atoms with Crippen LogP contribution in [0.25, 0.3) is 33.7 Å². The van der Waals surface area contributed by atoms with E-state index in [1.807, 2.05) is 30.3 Å². The van der Waals surface area contributed by atoms with Crippen molar-refractivity contribution in [3.05, 3.63) is 73.2 Å². The quantitative estimate of drug-likeness (QED) is 0.184. The number of anilines is 1. The number of thioether (sulfide) groups is 1. The molecule has 3 N–H and O–H groups in total. The highest BCUT2D eigenvalue weighted by Gasteiger charge is 2.19. The van der Waals surface area contributed by atoms with Crippen LogP contribution in [0.4, 0.5) is 5.69 Å². The van der Waals surface area contributed by atoms with Crippen LogP contribution in [0.5, 0.6) is 5.75 Å². The van der Waals surface area contributed by atoms with Crippen LogP contribution in [-0.4, -0.2) is 37.4 Å². The Balaban J connectivity index is 1.35. The lowest BCUT2D eigenvalue weighted by atomic mass is 10.1. The number of aliphatic hydroxyl groups excluding tert-OH is 1. The zero-order valence-corrected chi connectivity index (χ0v) is 17.5. The summed E-state index contributed by atoms with van der Waals surface area (Å²) in [5.74, 6) is 1.35. The van der Waals surface area contributed by atoms with Crippen LogP contribution >= 0.6 is 11.8 Å². The average molecular weight is 446 g/mol. The van der Waals surface area contributed by atoms with Gasteiger partial charge in [0.1, 0.15) is 17.7 Å². The Bertz CT molecular complexity index is 1340. The molecule has 0 aliphatic heterocycles. The summed E-state index contributed by atoms with van der Waals surface area (Å²) >= 11 is 1.23. The second-order valence-corrected chi connectivity index (χ2v) is 7.89. The first-order valence-corrected chi connectivity index (χ1v) is 10.8. The van der Waals surface area contributed by atoms with E-state index in [2.05, 4.69) is 20.5 Å². The minimum absolute atomic E-state index is 0.0635. The molecule has 32 heavy (non-hydrogen) atoms. The number of aliphatic hydroxyl groups is 1. The topological polar surface area (TPSA) is 117 Å². The normalized spacial score (nSPS) is 12.2. The number of hydrogen-bond acceptors (Lipinski definition) is 9. The summed E-state index contributed by atoms with van der Waals surface area (Å²) in [5, 5.41) is 34.4. The molecule has 0 bridgehead atoms. The van der Waals surface area contributed by atoms with E-state index in [1.54, 1.807) is 42.9 Å². The average Bonchev–Trinajstić information content (AvgIpc) is 3.54. The van der Waals surface area contributed by atoms with Gasteiger partial charge in [0.25, 0.3) is 0 Å². The van der Waals surface area contributed by atoms with Gasteiger partial charge in [0, 0.05) is 11.1 Å². The van der Waals surface area contributed by atoms with Gasteiger partial charge >= 0.3 is 0 Å². The van der Waals surface area contributed by atoms with Crippen molar-refractivity contribution >= 4 is 28.2 Å². The summed E-state index contributed by atoms with van der Waals surface area (Å²) in [7, 11) is 0. The molecule has 160 valence electrons. The van der Waals surface area contributed by atoms with Gasteiger partial charge in [-0.05, 0) is 35.7 Å². The molecule has 0 spiro atoms. The molecule has 0 radical (unpaired) electrons. The summed E-state index contributed by atoms with van der Waals surface area (Å²) in [5.41, 5.74) is 1.44. The number of fused-ring (bicyclic) bond motifs is 1. The Morgan fingerprint density at radius 2 is 1.62 bits per heavy atom. The number of aromatic nitrogens is 3. The predicted molar refractivity (Wildman–Crippen MR) is 121 cm³/mol. The number of aromatic hydroxyl groups is 1. The van der Waals surface area contributed by atoms with Crippen LogP contribution in [0.1, 0.15) is 0 Å². The number of furan rings is 2. The van der Waals surface area contributed by atoms with E-state index in [1.165, 1.54) is 11.8 Å². The van der Waals surface area contributed by atoms with Crippen LogP contribution in [0, 0.1) is 0 Å². The second kappa shape index (κ2) is 8.74. The second-order valence-electron chi connectivity index (χ2n) is 6.90. The number of phenolic OH excluding ortho intramolecular Hbond substituents is 1. The van der Waals surface area contributed by atoms with E-state index in [-0.39, 0.29) is 11.5 Å². The summed E-state index contributed by atoms with van der Waals surface area (Å²) in [6, 6.07) is 18.1. The van der Waals surface area contributed by atoms with Crippen molar-refractivity contribution in [3.63, 3.8) is 0 Å². The monoisotopic (exact) mass is 446 g/mol. The van der Waals surface area contributed by atoms with Gasteiger partial charge < -0.3 is 24.4 Å². The van der Waals surface area contributed by atoms with Gasteiger partial charge in [0.05, 0.1) is 18.2 Å². The highest BCUT2D eigenvalue weighted by Crippen LogP contribution is 2.34. The van der Waals surface area contributed by atoms with E-state index < -0.39 is 6.23 Å². The van der Waals surface area contributed by atoms with E-state index in [0.29, 0.717) is 33.8 Å². The largest absolute Gasteiger partial charge is 0.506 e. The van der Waals surface area contributed by atoms with E-state index >= 15 is 0 Å². The standard InChI is InChI=1S/C23H18N4O4S/c28-16-10-9-14-5-1-2-6-15(14)20(16)24-19(29)13-32-23-25-21(17-7-3-11-30-17)22(26-27-23)18-8-4-12-31-18/h1-12,19,24,28-29H,13H2. The van der Waals surface area contributed by atoms with E-state index in [0.717, 1.165) is 10.8 Å². The summed E-state index contributed by atoms with van der Waals surface area (Å²) < 4.78 is 10.9. The molecule has 0 aliphatic carbocycles. The molecular formula is C23H18N4O4S. The lowest BCUT2D eigenvalue weighted by Crippen LogP contribution is -2.21. The Morgan fingerprint density at radius 1 is 0.875 bits per heavy atom. The lowest BCUT2D eigenvalue weighted by Gasteiger charge is -2.16. The molecule has 3 heterocycles. The number of benzene rings is 2. The van der Waals surface area contributed by atoms with Crippen LogP contribution < -0.4 is 5.32 Å². The molecule has 5 rings (SSSR count). The first-order chi connectivity index (χ1) is 15.7. The van der Waals surface area contributed by atoms with Gasteiger partial charge in [-0.3, -0.25) is 0 Å². The van der Waals surface area contributed by atoms with Crippen molar-refractivity contribution in [3.8, 4) is 28.7 Å². The van der Waals surface area contributed by atoms with Crippen molar-refractivity contribution in [1.82, 2.24) is 15.2 Å². The third-order valence-electron chi connectivity index (χ3n) is 4.76. The Kier molecular flexibility index (Phi) is 5.49. The molecule has 2 aromatic carbocycles. The fourth-order valence-corrected chi connectivity index (χ4v) is 3.95. The molecule has 1 atom stereocenters. The van der Waals surface area contributed by atoms with E-state index in [9.17, 15) is 10.2 Å². The maximum absolute atomic E-state index is 10.6. The van der Waals surface area contributed by atoms with Crippen molar-refractivity contribution in [1.29, 1.82) is 0 Å². The molecule has 5 aromatic rings. The number of nitrogens with zero attached hydrogens (tertiary/aromatic N) is 3. The summed E-state index contributed by atoms with van der Waals surface area (Å²) in [4.78, 5) is 4.56. The van der Waals surface area contributed by atoms with Crippen molar-refractivity contribution in [2.24, 2.45) is 0 Å². The Labute approximate surface area is 186 Å². The maximum atomic E-state index is 10.6. The minimum Gasteiger partial charge on any atom is -0.506 e. The minimum atomic E-state index is -0.961. The van der Waals surface area contributed by atoms with Gasteiger partial charge in [0.15, 0.2) is 17.2 Å². The lowest BCUT2D eigenvalue weighted by molar-refractivity contribution is 0.228. The fourth-order valence-electron chi connectivity index (χ4n) is 3.31. The number of rotatable bonds is 7. The zero-order valence-electron chi connectivity index (χ0n) is 16.7. The van der Waals surface area contributed by atoms with Crippen molar-refractivity contribution < 1.29 is 19.0 Å². The number of hydrogen-bond donors (Lipinski definition) is 3. The third kappa shape index (κ3) is 4.03. The predicted octanol–water partition coefficient (Wildman–Crippen LogP) is 4.77. The first-order valence-electron chi connectivity index (χ1n) is 9.79. The molecule has 0 amide bonds. The zero-order chi connectivity index (χ0) is 21.9. The number of phenols is 1. The molecule has 8 nitrogen and oxygen atoms in total. The molecule has 0 saturated heterocycles. The van der Waals surface area contributed by atoms with Gasteiger partial charge in [-0.25, -0.2) is 4.98 Å². The fraction of sp³-hybridized carbons (Fsp3) is 0.0870. The van der Waals surface area contributed by atoms with E-state index in [4.69, 9.17) is 8.83 Å². The smallest absolute Gasteiger partial charge is 0.209 e. The Hall–Kier alpha value is -3.82. The van der Waals surface area contributed by atoms with Crippen molar-refractivity contribution in [2.75, 3.05) is 11.1 Å². The molecule has 0 aliphatic rings. The van der Waals surface area contributed by atoms with Crippen LogP contribution in [0.15, 0.2) is 87.2 Å². The van der Waals surface area contributed by atoms with Gasteiger partial charge in [0.2, 0.25) is 5.16 Å². The van der Waals surface area contributed by atoms with Gasteiger partial charge in [-0.15, -0.1) is 10.2 Å². The molecular weight excluding hydrogens is 428 g/mol. The molecule has 9 heteroatoms. The molecule has 0 saturated carbocycles. The maximum Gasteiger partial charge on any atom is 0.209 e. The van der Waals surface area contributed by atoms with Crippen LogP contribution in [0.2, 0.25) is 0 Å². The number of nitrogens with one attached hydrogen (secondary N) is 1. The highest BCUT2D eigenvalue weighted by molar-refractivity contribution is 7.99.